The lowest BCUT2D eigenvalue weighted by Gasteiger charge is -2.31. The van der Waals surface area contributed by atoms with Crippen molar-refractivity contribution in [2.45, 2.75) is 68.2 Å². The Bertz CT molecular complexity index is 1580. The number of aliphatic hydroxyl groups is 3. The zero-order valence-electron chi connectivity index (χ0n) is 28.2. The number of carbonyl (C=O) groups is 6. The van der Waals surface area contributed by atoms with Crippen LogP contribution in [0.1, 0.15) is 25.7 Å². The number of nitrogens with zero attached hydrogens (tertiary/aromatic N) is 1. The zero-order valence-corrected chi connectivity index (χ0v) is 29.7. The average Bonchev–Trinajstić information content (AvgIpc) is 3.10. The Hall–Kier alpha value is -4.77. The molecule has 292 valence electrons. The van der Waals surface area contributed by atoms with Gasteiger partial charge in [-0.1, -0.05) is 23.2 Å². The average molecular weight is 788 g/mol. The molecule has 0 unspecified atom stereocenters. The summed E-state index contributed by atoms with van der Waals surface area (Å²) in [5, 5.41) is 49.9. The minimum atomic E-state index is -1.74. The van der Waals surface area contributed by atoms with E-state index in [0.29, 0.717) is 25.1 Å². The van der Waals surface area contributed by atoms with Crippen LogP contribution in [-0.2, 0) is 28.8 Å². The smallest absolute Gasteiger partial charge is 0.270 e. The molecule has 17 N–H and O–H groups in total. The minimum Gasteiger partial charge on any atom is -0.394 e. The molecule has 1 fully saturated rings. The largest absolute Gasteiger partial charge is 0.394 e. The molecule has 21 nitrogen and oxygen atoms in total. The number of halogens is 2. The lowest BCUT2D eigenvalue weighted by Crippen LogP contribution is -2.63. The van der Waals surface area contributed by atoms with Gasteiger partial charge in [0.05, 0.1) is 29.3 Å². The Labute approximate surface area is 313 Å². The molecule has 7 atom stereocenters. The van der Waals surface area contributed by atoms with Crippen molar-refractivity contribution in [3.05, 3.63) is 40.1 Å². The summed E-state index contributed by atoms with van der Waals surface area (Å²) in [6, 6.07) is -4.13. The predicted molar refractivity (Wildman–Crippen MR) is 191 cm³/mol. The highest BCUT2D eigenvalue weighted by atomic mass is 35.5. The summed E-state index contributed by atoms with van der Waals surface area (Å²) in [6.07, 6.45) is 0.179. The SMILES string of the molecule is NCCC[C@H](N)CC(=O)N[C@H]1CNC(=O)[C@H]([C@H]2C[C@@H](O)NC(N)=N2)NC(=O)/C(=C/Nc2ccc(Cl)c(Cl)c2)NC(=O)[C@H](CO)NC(=O)[C@H](CO)NC1=O. The molecule has 0 spiro atoms. The number of guanidine groups is 1. The molecular weight excluding hydrogens is 743 g/mol. The highest BCUT2D eigenvalue weighted by Gasteiger charge is 2.37. The molecule has 2 aliphatic heterocycles. The Morgan fingerprint density at radius 1 is 0.981 bits per heavy atom. The van der Waals surface area contributed by atoms with E-state index in [1.165, 1.54) is 18.2 Å². The van der Waals surface area contributed by atoms with Crippen molar-refractivity contribution in [2.24, 2.45) is 22.2 Å². The monoisotopic (exact) mass is 786 g/mol. The van der Waals surface area contributed by atoms with Crippen LogP contribution in [0, 0.1) is 0 Å². The third-order valence-corrected chi connectivity index (χ3v) is 8.57. The number of hydrogen-bond donors (Lipinski definition) is 14. The fourth-order valence-electron chi connectivity index (χ4n) is 5.04. The van der Waals surface area contributed by atoms with Gasteiger partial charge in [-0.2, -0.15) is 0 Å². The lowest BCUT2D eigenvalue weighted by atomic mass is 10.0. The maximum atomic E-state index is 13.8. The number of benzene rings is 1. The number of hydrogen-bond acceptors (Lipinski definition) is 15. The second kappa shape index (κ2) is 20.5. The van der Waals surface area contributed by atoms with Crippen molar-refractivity contribution in [2.75, 3.05) is 31.6 Å². The van der Waals surface area contributed by atoms with Gasteiger partial charge < -0.3 is 75.1 Å². The molecule has 1 saturated heterocycles. The molecule has 0 bridgehead atoms. The van der Waals surface area contributed by atoms with E-state index in [9.17, 15) is 44.1 Å². The summed E-state index contributed by atoms with van der Waals surface area (Å²) in [7, 11) is 0. The van der Waals surface area contributed by atoms with Crippen molar-refractivity contribution in [1.29, 1.82) is 0 Å². The summed E-state index contributed by atoms with van der Waals surface area (Å²) < 4.78 is 0. The summed E-state index contributed by atoms with van der Waals surface area (Å²) in [5.41, 5.74) is 17.1. The van der Waals surface area contributed by atoms with Crippen LogP contribution in [0.2, 0.25) is 10.0 Å². The first-order valence-corrected chi connectivity index (χ1v) is 17.1. The molecule has 0 aliphatic carbocycles. The van der Waals surface area contributed by atoms with E-state index in [1.807, 2.05) is 0 Å². The van der Waals surface area contributed by atoms with Crippen LogP contribution in [-0.4, -0.2) is 126 Å². The third kappa shape index (κ3) is 13.0. The number of nitrogens with two attached hydrogens (primary N) is 3. The second-order valence-electron chi connectivity index (χ2n) is 12.0. The van der Waals surface area contributed by atoms with E-state index in [-0.39, 0.29) is 28.8 Å². The summed E-state index contributed by atoms with van der Waals surface area (Å²) >= 11 is 12.1. The molecule has 1 aromatic carbocycles. The fourth-order valence-corrected chi connectivity index (χ4v) is 5.34. The first-order valence-electron chi connectivity index (χ1n) is 16.3. The van der Waals surface area contributed by atoms with Crippen molar-refractivity contribution < 1.29 is 44.1 Å². The highest BCUT2D eigenvalue weighted by Crippen LogP contribution is 2.25. The van der Waals surface area contributed by atoms with E-state index in [4.69, 9.17) is 40.4 Å². The Kier molecular flexibility index (Phi) is 16.5. The van der Waals surface area contributed by atoms with Gasteiger partial charge >= 0.3 is 0 Å². The Balaban J connectivity index is 2.05. The lowest BCUT2D eigenvalue weighted by molar-refractivity contribution is -0.135. The van der Waals surface area contributed by atoms with Crippen LogP contribution in [0.25, 0.3) is 0 Å². The third-order valence-electron chi connectivity index (χ3n) is 7.83. The molecule has 0 radical (unpaired) electrons. The van der Waals surface area contributed by atoms with E-state index in [0.717, 1.165) is 6.20 Å². The number of nitrogens with one attached hydrogen (secondary N) is 8. The van der Waals surface area contributed by atoms with Gasteiger partial charge in [0.15, 0.2) is 5.96 Å². The van der Waals surface area contributed by atoms with E-state index in [1.54, 1.807) is 0 Å². The predicted octanol–water partition coefficient (Wildman–Crippen LogP) is -5.13. The van der Waals surface area contributed by atoms with Crippen molar-refractivity contribution in [1.82, 2.24) is 37.2 Å². The van der Waals surface area contributed by atoms with Gasteiger partial charge in [-0.25, -0.2) is 4.99 Å². The normalized spacial score (nSPS) is 26.1. The quantitative estimate of drug-likeness (QED) is 0.0934. The summed E-state index contributed by atoms with van der Waals surface area (Å²) in [4.78, 5) is 84.4. The minimum absolute atomic E-state index is 0.149. The van der Waals surface area contributed by atoms with Gasteiger partial charge in [0.25, 0.3) is 5.91 Å². The first kappa shape index (κ1) is 42.6. The fraction of sp³-hybridized carbons (Fsp3) is 0.500. The van der Waals surface area contributed by atoms with Crippen molar-refractivity contribution in [3.63, 3.8) is 0 Å². The highest BCUT2D eigenvalue weighted by molar-refractivity contribution is 6.42. The first-order chi connectivity index (χ1) is 25.1. The molecule has 3 rings (SSSR count). The molecular formula is C30H44Cl2N12O9. The number of aliphatic imine (C=N–C) groups is 1. The van der Waals surface area contributed by atoms with Gasteiger partial charge in [-0.3, -0.25) is 28.8 Å². The van der Waals surface area contributed by atoms with Crippen molar-refractivity contribution >= 4 is 70.3 Å². The van der Waals surface area contributed by atoms with Gasteiger partial charge in [0.2, 0.25) is 29.5 Å². The summed E-state index contributed by atoms with van der Waals surface area (Å²) in [5.74, 6) is -6.34. The Morgan fingerprint density at radius 2 is 1.66 bits per heavy atom. The summed E-state index contributed by atoms with van der Waals surface area (Å²) in [6.45, 7) is -2.28. The molecule has 0 saturated carbocycles. The van der Waals surface area contributed by atoms with Gasteiger partial charge in [-0.05, 0) is 37.6 Å². The molecule has 2 aliphatic rings. The van der Waals surface area contributed by atoms with Crippen LogP contribution in [0.15, 0.2) is 35.1 Å². The van der Waals surface area contributed by atoms with Crippen LogP contribution < -0.4 is 59.7 Å². The number of amides is 6. The molecule has 0 aromatic heterocycles. The van der Waals surface area contributed by atoms with Gasteiger partial charge in [0, 0.05) is 37.3 Å². The van der Waals surface area contributed by atoms with E-state index in [2.05, 4.69) is 47.5 Å². The molecule has 53 heavy (non-hydrogen) atoms. The molecule has 1 aromatic rings. The van der Waals surface area contributed by atoms with E-state index >= 15 is 0 Å². The Morgan fingerprint density at radius 3 is 2.30 bits per heavy atom. The van der Waals surface area contributed by atoms with Crippen LogP contribution in [0.5, 0.6) is 0 Å². The van der Waals surface area contributed by atoms with Crippen molar-refractivity contribution in [3.8, 4) is 0 Å². The topological polar surface area (TPSA) is 350 Å². The maximum Gasteiger partial charge on any atom is 0.270 e. The standard InChI is InChI=1S/C30H44Cl2N12O9/c31-15-4-3-14(7-16(15)32)36-9-19-26(50)44-24(17-8-23(48)43-30(35)42-17)29(53)37-10-18(38-22(47)6-13(34)2-1-5-33)25(49)40-21(12-46)28(52)41-20(11-45)27(51)39-19/h3-4,7,9,13,17-18,20-21,23-24,36,45-46,48H,1-2,5-6,8,10-12,33-34H2,(H,37,53)(H,38,47)(H,39,51)(H,40,49)(H,41,52)(H,44,50)(H3,35,42,43)/b19-9-/t13-,17+,18-,20-,21-,23+,24-/m0/s1. The second-order valence-corrected chi connectivity index (χ2v) is 12.8. The number of rotatable bonds is 11. The molecule has 6 amide bonds. The molecule has 23 heteroatoms. The van der Waals surface area contributed by atoms with Crippen LogP contribution in [0.3, 0.4) is 0 Å². The van der Waals surface area contributed by atoms with Crippen LogP contribution >= 0.6 is 23.2 Å². The number of aliphatic hydroxyl groups excluding tert-OH is 3. The number of anilines is 1. The van der Waals surface area contributed by atoms with E-state index < -0.39 is 103 Å². The van der Waals surface area contributed by atoms with Gasteiger partial charge in [-0.15, -0.1) is 0 Å². The maximum absolute atomic E-state index is 13.8. The van der Waals surface area contributed by atoms with Gasteiger partial charge in [0.1, 0.15) is 36.1 Å². The molecule has 2 heterocycles. The van der Waals surface area contributed by atoms with Crippen LogP contribution in [0.4, 0.5) is 5.69 Å². The zero-order chi connectivity index (χ0) is 39.2. The number of carbonyl (C=O) groups excluding carboxylic acids is 6.